The third-order valence-electron chi connectivity index (χ3n) is 4.16. The van der Waals surface area contributed by atoms with Gasteiger partial charge in [-0.3, -0.25) is 9.59 Å². The molecule has 3 atom stereocenters. The number of para-hydroxylation sites is 1. The second-order valence-corrected chi connectivity index (χ2v) is 5.47. The van der Waals surface area contributed by atoms with Crippen molar-refractivity contribution in [2.24, 2.45) is 0 Å². The van der Waals surface area contributed by atoms with Gasteiger partial charge in [-0.2, -0.15) is 0 Å². The lowest BCUT2D eigenvalue weighted by Crippen LogP contribution is -2.51. The fourth-order valence-corrected chi connectivity index (χ4v) is 2.85. The number of rotatable bonds is 2. The van der Waals surface area contributed by atoms with Crippen LogP contribution >= 0.6 is 0 Å². The van der Waals surface area contributed by atoms with E-state index in [4.69, 9.17) is 4.74 Å². The van der Waals surface area contributed by atoms with Crippen molar-refractivity contribution in [2.75, 3.05) is 13.7 Å². The second kappa shape index (κ2) is 5.37. The van der Waals surface area contributed by atoms with E-state index in [1.165, 1.54) is 4.90 Å². The van der Waals surface area contributed by atoms with E-state index in [9.17, 15) is 14.7 Å². The molecule has 0 radical (unpaired) electrons. The summed E-state index contributed by atoms with van der Waals surface area (Å²) in [4.78, 5) is 25.2. The van der Waals surface area contributed by atoms with Crippen LogP contribution < -0.4 is 10.1 Å². The maximum Gasteiger partial charge on any atom is 0.243 e. The number of carbonyl (C=O) groups excluding carboxylic acids is 2. The minimum absolute atomic E-state index is 0.0269. The number of ether oxygens (including phenoxy) is 1. The predicted octanol–water partition coefficient (Wildman–Crippen LogP) is 0.218. The highest BCUT2D eigenvalue weighted by Gasteiger charge is 2.37. The molecule has 1 aromatic rings. The Hall–Kier alpha value is -2.08. The topological polar surface area (TPSA) is 78.9 Å². The molecule has 2 amide bonds. The number of likely N-dealkylation sites (N-methyl/N-ethyl adjacent to an activating group) is 1. The number of carbonyl (C=O) groups is 2. The van der Waals surface area contributed by atoms with Crippen molar-refractivity contribution in [3.05, 3.63) is 29.8 Å². The molecule has 2 aliphatic rings. The van der Waals surface area contributed by atoms with Gasteiger partial charge in [0.2, 0.25) is 11.8 Å². The molecule has 0 spiro atoms. The van der Waals surface area contributed by atoms with Crippen LogP contribution in [0.1, 0.15) is 24.5 Å². The van der Waals surface area contributed by atoms with E-state index in [2.05, 4.69) is 5.32 Å². The lowest BCUT2D eigenvalue weighted by molar-refractivity contribution is -0.134. The maximum atomic E-state index is 12.3. The van der Waals surface area contributed by atoms with Crippen LogP contribution in [0.15, 0.2) is 24.3 Å². The van der Waals surface area contributed by atoms with Gasteiger partial charge in [-0.25, -0.2) is 0 Å². The van der Waals surface area contributed by atoms with Crippen LogP contribution in [0.4, 0.5) is 0 Å². The summed E-state index contributed by atoms with van der Waals surface area (Å²) in [5.74, 6) is 0.375. The highest BCUT2D eigenvalue weighted by molar-refractivity contribution is 5.90. The molecular formula is C15H18N2O4. The maximum absolute atomic E-state index is 12.3. The molecule has 1 saturated heterocycles. The summed E-state index contributed by atoms with van der Waals surface area (Å²) in [6.45, 7) is 0.217. The number of aliphatic hydroxyl groups excluding tert-OH is 1. The number of benzene rings is 1. The Kier molecular flexibility index (Phi) is 3.55. The van der Waals surface area contributed by atoms with Gasteiger partial charge in [0, 0.05) is 19.0 Å². The van der Waals surface area contributed by atoms with E-state index >= 15 is 0 Å². The summed E-state index contributed by atoms with van der Waals surface area (Å²) < 4.78 is 5.56. The molecule has 2 N–H and O–H groups in total. The van der Waals surface area contributed by atoms with E-state index in [0.717, 1.165) is 0 Å². The van der Waals surface area contributed by atoms with Gasteiger partial charge in [0.1, 0.15) is 24.5 Å². The highest BCUT2D eigenvalue weighted by atomic mass is 16.5. The van der Waals surface area contributed by atoms with Gasteiger partial charge in [-0.15, -0.1) is 0 Å². The van der Waals surface area contributed by atoms with Gasteiger partial charge < -0.3 is 20.1 Å². The smallest absolute Gasteiger partial charge is 0.243 e. The number of aliphatic hydroxyl groups is 1. The van der Waals surface area contributed by atoms with Crippen LogP contribution in [0.3, 0.4) is 0 Å². The monoisotopic (exact) mass is 290 g/mol. The number of nitrogens with one attached hydrogen (secondary N) is 1. The Bertz CT molecular complexity index is 575. The number of hydrogen-bond donors (Lipinski definition) is 2. The van der Waals surface area contributed by atoms with Crippen LogP contribution in [-0.2, 0) is 9.59 Å². The molecule has 0 aromatic heterocycles. The van der Waals surface area contributed by atoms with Crippen molar-refractivity contribution in [3.8, 4) is 5.75 Å². The molecule has 1 fully saturated rings. The Morgan fingerprint density at radius 1 is 1.43 bits per heavy atom. The first-order valence-electron chi connectivity index (χ1n) is 7.04. The van der Waals surface area contributed by atoms with E-state index in [1.807, 2.05) is 12.1 Å². The second-order valence-electron chi connectivity index (χ2n) is 5.47. The minimum Gasteiger partial charge on any atom is -0.491 e. The number of hydrogen-bond acceptors (Lipinski definition) is 4. The van der Waals surface area contributed by atoms with Crippen molar-refractivity contribution >= 4 is 11.8 Å². The largest absolute Gasteiger partial charge is 0.491 e. The first-order chi connectivity index (χ1) is 10.1. The number of amides is 2. The van der Waals surface area contributed by atoms with Gasteiger partial charge in [0.05, 0.1) is 6.04 Å². The standard InChI is InChI=1S/C15H18N2O4/c1-17-11(6-7-13(17)18)15(20)16-10-8-21-12-5-3-2-4-9(12)14(10)19/h2-5,10-11,14,19H,6-8H2,1H3,(H,16,20). The van der Waals surface area contributed by atoms with Crippen molar-refractivity contribution in [1.82, 2.24) is 10.2 Å². The Morgan fingerprint density at radius 3 is 2.90 bits per heavy atom. The van der Waals surface area contributed by atoms with Crippen LogP contribution in [0, 0.1) is 0 Å². The molecule has 21 heavy (non-hydrogen) atoms. The minimum atomic E-state index is -0.804. The SMILES string of the molecule is CN1C(=O)CCC1C(=O)NC1COc2ccccc2C1O. The molecular weight excluding hydrogens is 272 g/mol. The molecule has 1 aromatic carbocycles. The normalized spacial score (nSPS) is 28.0. The first-order valence-corrected chi connectivity index (χ1v) is 7.04. The van der Waals surface area contributed by atoms with Gasteiger partial charge in [-0.05, 0) is 12.5 Å². The molecule has 3 unspecified atom stereocenters. The van der Waals surface area contributed by atoms with Crippen molar-refractivity contribution in [3.63, 3.8) is 0 Å². The molecule has 2 heterocycles. The van der Waals surface area contributed by atoms with Gasteiger partial charge in [0.15, 0.2) is 0 Å². The highest BCUT2D eigenvalue weighted by Crippen LogP contribution is 2.31. The van der Waals surface area contributed by atoms with E-state index in [0.29, 0.717) is 24.2 Å². The fraction of sp³-hybridized carbons (Fsp3) is 0.467. The summed E-state index contributed by atoms with van der Waals surface area (Å²) in [6.07, 6.45) is 0.101. The van der Waals surface area contributed by atoms with Crippen molar-refractivity contribution in [1.29, 1.82) is 0 Å². The molecule has 2 aliphatic heterocycles. The van der Waals surface area contributed by atoms with E-state index in [1.54, 1.807) is 19.2 Å². The number of likely N-dealkylation sites (tertiary alicyclic amines) is 1. The van der Waals surface area contributed by atoms with Crippen molar-refractivity contribution in [2.45, 2.75) is 31.0 Å². The summed E-state index contributed by atoms with van der Waals surface area (Å²) in [7, 11) is 1.63. The van der Waals surface area contributed by atoms with Gasteiger partial charge in [-0.1, -0.05) is 18.2 Å². The quantitative estimate of drug-likeness (QED) is 0.816. The fourth-order valence-electron chi connectivity index (χ4n) is 2.85. The van der Waals surface area contributed by atoms with Crippen molar-refractivity contribution < 1.29 is 19.4 Å². The zero-order chi connectivity index (χ0) is 15.0. The molecule has 6 heteroatoms. The number of fused-ring (bicyclic) bond motifs is 1. The molecule has 0 saturated carbocycles. The van der Waals surface area contributed by atoms with Crippen LogP contribution in [-0.4, -0.2) is 47.6 Å². The van der Waals surface area contributed by atoms with Crippen LogP contribution in [0.2, 0.25) is 0 Å². The van der Waals surface area contributed by atoms with Crippen LogP contribution in [0.5, 0.6) is 5.75 Å². The summed E-state index contributed by atoms with van der Waals surface area (Å²) in [6, 6.07) is 6.27. The van der Waals surface area contributed by atoms with E-state index < -0.39 is 18.2 Å². The Balaban J connectivity index is 1.69. The average molecular weight is 290 g/mol. The first kappa shape index (κ1) is 13.9. The summed E-state index contributed by atoms with van der Waals surface area (Å²) >= 11 is 0. The summed E-state index contributed by atoms with van der Waals surface area (Å²) in [5, 5.41) is 13.2. The molecule has 3 rings (SSSR count). The molecule has 0 aliphatic carbocycles. The Labute approximate surface area is 122 Å². The van der Waals surface area contributed by atoms with E-state index in [-0.39, 0.29) is 18.4 Å². The zero-order valence-electron chi connectivity index (χ0n) is 11.8. The lowest BCUT2D eigenvalue weighted by atomic mass is 9.99. The van der Waals surface area contributed by atoms with Gasteiger partial charge >= 0.3 is 0 Å². The number of nitrogens with zero attached hydrogens (tertiary/aromatic N) is 1. The predicted molar refractivity (Wildman–Crippen MR) is 74.6 cm³/mol. The third-order valence-corrected chi connectivity index (χ3v) is 4.16. The third kappa shape index (κ3) is 2.47. The average Bonchev–Trinajstić information content (AvgIpc) is 2.82. The van der Waals surface area contributed by atoms with Gasteiger partial charge in [0.25, 0.3) is 0 Å². The van der Waals surface area contributed by atoms with Crippen LogP contribution in [0.25, 0.3) is 0 Å². The molecule has 112 valence electrons. The Morgan fingerprint density at radius 2 is 2.19 bits per heavy atom. The lowest BCUT2D eigenvalue weighted by Gasteiger charge is -2.32. The molecule has 0 bridgehead atoms. The zero-order valence-corrected chi connectivity index (χ0v) is 11.8. The summed E-state index contributed by atoms with van der Waals surface area (Å²) in [5.41, 5.74) is 0.671. The molecule has 6 nitrogen and oxygen atoms in total.